The summed E-state index contributed by atoms with van der Waals surface area (Å²) in [6.45, 7) is 8.25. The van der Waals surface area contributed by atoms with Crippen LogP contribution in [0.4, 0.5) is 0 Å². The van der Waals surface area contributed by atoms with Crippen LogP contribution in [-0.2, 0) is 16.1 Å². The average molecular weight is 236 g/mol. The molecule has 0 unspecified atom stereocenters. The number of benzene rings is 1. The van der Waals surface area contributed by atoms with E-state index >= 15 is 0 Å². The Labute approximate surface area is 102 Å². The van der Waals surface area contributed by atoms with E-state index in [-0.39, 0.29) is 5.60 Å². The molecule has 0 heterocycles. The van der Waals surface area contributed by atoms with Crippen molar-refractivity contribution in [3.05, 3.63) is 35.4 Å². The van der Waals surface area contributed by atoms with E-state index in [0.717, 1.165) is 11.1 Å². The number of aliphatic carboxylic acids is 1. The lowest BCUT2D eigenvalue weighted by Gasteiger charge is -2.19. The van der Waals surface area contributed by atoms with Crippen molar-refractivity contribution in [3.63, 3.8) is 0 Å². The Hall–Kier alpha value is -1.35. The molecule has 1 N–H and O–H groups in total. The fourth-order valence-electron chi connectivity index (χ4n) is 1.34. The van der Waals surface area contributed by atoms with Crippen molar-refractivity contribution in [2.45, 2.75) is 45.8 Å². The molecule has 0 aromatic heterocycles. The van der Waals surface area contributed by atoms with E-state index < -0.39 is 11.9 Å². The number of carboxylic acids is 1. The molecule has 0 fully saturated rings. The lowest BCUT2D eigenvalue weighted by molar-refractivity contribution is -0.138. The summed E-state index contributed by atoms with van der Waals surface area (Å²) in [4.78, 5) is 10.8. The smallest absolute Gasteiger partial charge is 0.310 e. The first-order chi connectivity index (χ1) is 7.79. The summed E-state index contributed by atoms with van der Waals surface area (Å²) < 4.78 is 5.65. The lowest BCUT2D eigenvalue weighted by Crippen LogP contribution is -2.18. The van der Waals surface area contributed by atoms with Gasteiger partial charge < -0.3 is 9.84 Å². The van der Waals surface area contributed by atoms with Crippen molar-refractivity contribution in [2.75, 3.05) is 0 Å². The minimum Gasteiger partial charge on any atom is -0.481 e. The van der Waals surface area contributed by atoms with Gasteiger partial charge in [0, 0.05) is 0 Å². The topological polar surface area (TPSA) is 46.5 Å². The van der Waals surface area contributed by atoms with Crippen molar-refractivity contribution in [1.29, 1.82) is 0 Å². The molecule has 0 saturated carbocycles. The Morgan fingerprint density at radius 3 is 2.24 bits per heavy atom. The molecule has 1 aromatic carbocycles. The predicted octanol–water partition coefficient (Wildman–Crippen LogP) is 3.19. The third kappa shape index (κ3) is 4.57. The molecule has 1 aromatic rings. The Kier molecular flexibility index (Phi) is 4.29. The highest BCUT2D eigenvalue weighted by molar-refractivity contribution is 5.75. The van der Waals surface area contributed by atoms with Gasteiger partial charge in [-0.05, 0) is 38.8 Å². The zero-order chi connectivity index (χ0) is 13.1. The Bertz CT molecular complexity index is 373. The Morgan fingerprint density at radius 1 is 1.29 bits per heavy atom. The van der Waals surface area contributed by atoms with E-state index in [1.165, 1.54) is 0 Å². The van der Waals surface area contributed by atoms with Gasteiger partial charge in [0.05, 0.1) is 18.1 Å². The SMILES string of the molecule is C[C@H](C(=O)O)c1ccc(COC(C)(C)C)cc1. The van der Waals surface area contributed by atoms with Crippen molar-refractivity contribution < 1.29 is 14.6 Å². The maximum atomic E-state index is 10.8. The van der Waals surface area contributed by atoms with Crippen LogP contribution in [0.5, 0.6) is 0 Å². The molecule has 1 atom stereocenters. The molecule has 0 spiro atoms. The average Bonchev–Trinajstić information content (AvgIpc) is 2.25. The van der Waals surface area contributed by atoms with Gasteiger partial charge in [-0.3, -0.25) is 4.79 Å². The number of carboxylic acid groups (broad SMARTS) is 1. The molecule has 17 heavy (non-hydrogen) atoms. The molecule has 0 radical (unpaired) electrons. The van der Waals surface area contributed by atoms with Gasteiger partial charge in [-0.2, -0.15) is 0 Å². The summed E-state index contributed by atoms with van der Waals surface area (Å²) >= 11 is 0. The summed E-state index contributed by atoms with van der Waals surface area (Å²) in [5, 5.41) is 8.89. The molecule has 94 valence electrons. The molecule has 3 heteroatoms. The molecule has 0 bridgehead atoms. The van der Waals surface area contributed by atoms with Gasteiger partial charge in [0.25, 0.3) is 0 Å². The van der Waals surface area contributed by atoms with Crippen LogP contribution >= 0.6 is 0 Å². The van der Waals surface area contributed by atoms with E-state index in [1.54, 1.807) is 6.92 Å². The van der Waals surface area contributed by atoms with Crippen molar-refractivity contribution in [2.24, 2.45) is 0 Å². The summed E-state index contributed by atoms with van der Waals surface area (Å²) in [6, 6.07) is 7.53. The van der Waals surface area contributed by atoms with E-state index in [9.17, 15) is 4.79 Å². The van der Waals surface area contributed by atoms with Crippen LogP contribution in [0, 0.1) is 0 Å². The van der Waals surface area contributed by atoms with Gasteiger partial charge >= 0.3 is 5.97 Å². The zero-order valence-corrected chi connectivity index (χ0v) is 10.9. The first kappa shape index (κ1) is 13.7. The second-order valence-corrected chi connectivity index (χ2v) is 5.20. The molecule has 0 amide bonds. The Morgan fingerprint density at radius 2 is 1.82 bits per heavy atom. The summed E-state index contributed by atoms with van der Waals surface area (Å²) in [5.74, 6) is -1.27. The van der Waals surface area contributed by atoms with Crippen LogP contribution in [0.15, 0.2) is 24.3 Å². The molecule has 0 aliphatic carbocycles. The molecular formula is C14H20O3. The van der Waals surface area contributed by atoms with Crippen LogP contribution in [0.1, 0.15) is 44.7 Å². The van der Waals surface area contributed by atoms with Crippen molar-refractivity contribution in [1.82, 2.24) is 0 Å². The Balaban J connectivity index is 2.65. The number of ether oxygens (including phenoxy) is 1. The highest BCUT2D eigenvalue weighted by Crippen LogP contribution is 2.17. The van der Waals surface area contributed by atoms with Crippen molar-refractivity contribution >= 4 is 5.97 Å². The fourth-order valence-corrected chi connectivity index (χ4v) is 1.34. The van der Waals surface area contributed by atoms with Gasteiger partial charge in [0.2, 0.25) is 0 Å². The molecule has 0 aliphatic heterocycles. The maximum Gasteiger partial charge on any atom is 0.310 e. The number of rotatable bonds is 4. The first-order valence-electron chi connectivity index (χ1n) is 5.75. The lowest BCUT2D eigenvalue weighted by atomic mass is 10.0. The quantitative estimate of drug-likeness (QED) is 0.873. The molecule has 3 nitrogen and oxygen atoms in total. The van der Waals surface area contributed by atoms with Crippen LogP contribution in [-0.4, -0.2) is 16.7 Å². The minimum atomic E-state index is -0.802. The number of carbonyl (C=O) groups is 1. The van der Waals surface area contributed by atoms with Gasteiger partial charge in [0.1, 0.15) is 0 Å². The summed E-state index contributed by atoms with van der Waals surface area (Å²) in [5.41, 5.74) is 1.71. The zero-order valence-electron chi connectivity index (χ0n) is 10.9. The third-order valence-electron chi connectivity index (χ3n) is 2.52. The summed E-state index contributed by atoms with van der Waals surface area (Å²) in [6.07, 6.45) is 0. The third-order valence-corrected chi connectivity index (χ3v) is 2.52. The van der Waals surface area contributed by atoms with E-state index in [0.29, 0.717) is 6.61 Å². The highest BCUT2D eigenvalue weighted by Gasteiger charge is 2.14. The van der Waals surface area contributed by atoms with Gasteiger partial charge in [0.15, 0.2) is 0 Å². The van der Waals surface area contributed by atoms with Crippen LogP contribution in [0.25, 0.3) is 0 Å². The second-order valence-electron chi connectivity index (χ2n) is 5.20. The first-order valence-corrected chi connectivity index (χ1v) is 5.75. The van der Waals surface area contributed by atoms with E-state index in [2.05, 4.69) is 0 Å². The number of hydrogen-bond donors (Lipinski definition) is 1. The van der Waals surface area contributed by atoms with E-state index in [4.69, 9.17) is 9.84 Å². The largest absolute Gasteiger partial charge is 0.481 e. The van der Waals surface area contributed by atoms with Gasteiger partial charge in [-0.15, -0.1) is 0 Å². The molecule has 0 aliphatic rings. The minimum absolute atomic E-state index is 0.160. The van der Waals surface area contributed by atoms with Gasteiger partial charge in [-0.1, -0.05) is 24.3 Å². The van der Waals surface area contributed by atoms with Crippen LogP contribution < -0.4 is 0 Å². The predicted molar refractivity (Wildman–Crippen MR) is 67.0 cm³/mol. The molecule has 1 rings (SSSR count). The van der Waals surface area contributed by atoms with Crippen molar-refractivity contribution in [3.8, 4) is 0 Å². The molecule has 0 saturated heterocycles. The highest BCUT2D eigenvalue weighted by atomic mass is 16.5. The van der Waals surface area contributed by atoms with Crippen LogP contribution in [0.3, 0.4) is 0 Å². The summed E-state index contributed by atoms with van der Waals surface area (Å²) in [7, 11) is 0. The monoisotopic (exact) mass is 236 g/mol. The second kappa shape index (κ2) is 5.32. The van der Waals surface area contributed by atoms with E-state index in [1.807, 2.05) is 45.0 Å². The standard InChI is InChI=1S/C14H20O3/c1-10(13(15)16)12-7-5-11(6-8-12)9-17-14(2,3)4/h5-8,10H,9H2,1-4H3,(H,15,16)/t10-/m0/s1. The van der Waals surface area contributed by atoms with Gasteiger partial charge in [-0.25, -0.2) is 0 Å². The maximum absolute atomic E-state index is 10.8. The normalized spacial score (nSPS) is 13.4. The van der Waals surface area contributed by atoms with Crippen LogP contribution in [0.2, 0.25) is 0 Å². The number of hydrogen-bond acceptors (Lipinski definition) is 2. The molecular weight excluding hydrogens is 216 g/mol. The fraction of sp³-hybridized carbons (Fsp3) is 0.500.